The van der Waals surface area contributed by atoms with E-state index in [0.29, 0.717) is 11.8 Å². The fourth-order valence-electron chi connectivity index (χ4n) is 3.13. The van der Waals surface area contributed by atoms with Gasteiger partial charge in [-0.15, -0.1) is 0 Å². The van der Waals surface area contributed by atoms with Crippen molar-refractivity contribution < 1.29 is 4.79 Å². The molecule has 0 spiro atoms. The highest BCUT2D eigenvalue weighted by Gasteiger charge is 2.39. The van der Waals surface area contributed by atoms with E-state index >= 15 is 0 Å². The first-order chi connectivity index (χ1) is 10.0. The number of carbonyl (C=O) groups is 1. The van der Waals surface area contributed by atoms with E-state index in [1.165, 1.54) is 0 Å². The van der Waals surface area contributed by atoms with E-state index < -0.39 is 0 Å². The van der Waals surface area contributed by atoms with Crippen LogP contribution in [-0.2, 0) is 4.79 Å². The highest BCUT2D eigenvalue weighted by molar-refractivity contribution is 5.84. The summed E-state index contributed by atoms with van der Waals surface area (Å²) in [6.45, 7) is 15.1. The fraction of sp³-hybridized carbons (Fsp3) is 0.941. The van der Waals surface area contributed by atoms with Gasteiger partial charge in [0.15, 0.2) is 0 Å². The lowest BCUT2D eigenvalue weighted by Gasteiger charge is -2.28. The van der Waals surface area contributed by atoms with Gasteiger partial charge in [0.25, 0.3) is 0 Å². The van der Waals surface area contributed by atoms with Crippen LogP contribution in [0.1, 0.15) is 60.3 Å². The maximum Gasteiger partial charge on any atom is 0.241 e. The molecule has 1 saturated heterocycles. The Labute approximate surface area is 131 Å². The van der Waals surface area contributed by atoms with Gasteiger partial charge in [-0.05, 0) is 38.4 Å². The SMILES string of the molecule is CCCCC1NC(C(C)C)N(CCCN(CC)CC)C1=O. The van der Waals surface area contributed by atoms with Gasteiger partial charge in [-0.3, -0.25) is 10.1 Å². The van der Waals surface area contributed by atoms with E-state index in [-0.39, 0.29) is 12.2 Å². The summed E-state index contributed by atoms with van der Waals surface area (Å²) in [5.41, 5.74) is 0. The Morgan fingerprint density at radius 3 is 2.38 bits per heavy atom. The van der Waals surface area contributed by atoms with Crippen molar-refractivity contribution in [1.29, 1.82) is 0 Å². The number of nitrogens with one attached hydrogen (secondary N) is 1. The summed E-state index contributed by atoms with van der Waals surface area (Å²) in [6, 6.07) is 0.0470. The van der Waals surface area contributed by atoms with Gasteiger partial charge >= 0.3 is 0 Å². The number of unbranched alkanes of at least 4 members (excludes halogenated alkanes) is 1. The molecule has 0 aromatic carbocycles. The standard InChI is InChI=1S/C17H35N3O/c1-6-9-11-15-17(21)20(16(18-15)14(4)5)13-10-12-19(7-2)8-3/h14-16,18H,6-13H2,1-5H3. The maximum atomic E-state index is 12.6. The van der Waals surface area contributed by atoms with Crippen molar-refractivity contribution in [3.63, 3.8) is 0 Å². The Morgan fingerprint density at radius 2 is 1.86 bits per heavy atom. The molecule has 1 aliphatic heterocycles. The molecule has 2 atom stereocenters. The van der Waals surface area contributed by atoms with Gasteiger partial charge in [0, 0.05) is 6.54 Å². The second-order valence-corrected chi connectivity index (χ2v) is 6.46. The molecule has 21 heavy (non-hydrogen) atoms. The Bertz CT molecular complexity index is 302. The number of nitrogens with zero attached hydrogens (tertiary/aromatic N) is 2. The Hall–Kier alpha value is -0.610. The van der Waals surface area contributed by atoms with Crippen molar-refractivity contribution in [3.8, 4) is 0 Å². The first kappa shape index (κ1) is 18.4. The van der Waals surface area contributed by atoms with Crippen LogP contribution in [0.15, 0.2) is 0 Å². The van der Waals surface area contributed by atoms with Gasteiger partial charge in [0.1, 0.15) is 0 Å². The van der Waals surface area contributed by atoms with Gasteiger partial charge in [-0.1, -0.05) is 47.5 Å². The minimum Gasteiger partial charge on any atom is -0.325 e. The highest BCUT2D eigenvalue weighted by Crippen LogP contribution is 2.20. The minimum absolute atomic E-state index is 0.0470. The second-order valence-electron chi connectivity index (χ2n) is 6.46. The lowest BCUT2D eigenvalue weighted by atomic mass is 10.1. The normalized spacial score (nSPS) is 22.8. The van der Waals surface area contributed by atoms with E-state index in [1.54, 1.807) is 0 Å². The smallest absolute Gasteiger partial charge is 0.241 e. The average molecular weight is 297 g/mol. The maximum absolute atomic E-state index is 12.6. The van der Waals surface area contributed by atoms with E-state index in [1.807, 2.05) is 0 Å². The zero-order valence-corrected chi connectivity index (χ0v) is 14.7. The Morgan fingerprint density at radius 1 is 1.19 bits per heavy atom. The van der Waals surface area contributed by atoms with E-state index in [4.69, 9.17) is 0 Å². The molecule has 124 valence electrons. The van der Waals surface area contributed by atoms with Crippen molar-refractivity contribution >= 4 is 5.91 Å². The summed E-state index contributed by atoms with van der Waals surface area (Å²) in [5, 5.41) is 3.55. The molecule has 1 amide bonds. The quantitative estimate of drug-likeness (QED) is 0.673. The van der Waals surface area contributed by atoms with E-state index in [0.717, 1.165) is 51.9 Å². The monoisotopic (exact) mass is 297 g/mol. The number of rotatable bonds is 10. The van der Waals surface area contributed by atoms with Crippen LogP contribution in [0.5, 0.6) is 0 Å². The molecular weight excluding hydrogens is 262 g/mol. The molecule has 1 fully saturated rings. The third kappa shape index (κ3) is 5.26. The molecule has 4 heteroatoms. The van der Waals surface area contributed by atoms with Crippen molar-refractivity contribution in [2.24, 2.45) is 5.92 Å². The molecule has 0 aromatic heterocycles. The van der Waals surface area contributed by atoms with Crippen molar-refractivity contribution in [2.75, 3.05) is 26.2 Å². The molecule has 0 aromatic rings. The third-order valence-corrected chi connectivity index (χ3v) is 4.53. The number of carbonyl (C=O) groups excluding carboxylic acids is 1. The van der Waals surface area contributed by atoms with Gasteiger partial charge in [-0.2, -0.15) is 0 Å². The van der Waals surface area contributed by atoms with Gasteiger partial charge in [0.05, 0.1) is 12.2 Å². The van der Waals surface area contributed by atoms with Crippen molar-refractivity contribution in [2.45, 2.75) is 72.5 Å². The summed E-state index contributed by atoms with van der Waals surface area (Å²) in [7, 11) is 0. The summed E-state index contributed by atoms with van der Waals surface area (Å²) in [6.07, 6.45) is 4.54. The summed E-state index contributed by atoms with van der Waals surface area (Å²) < 4.78 is 0. The van der Waals surface area contributed by atoms with Crippen LogP contribution in [0.2, 0.25) is 0 Å². The van der Waals surface area contributed by atoms with E-state index in [9.17, 15) is 4.79 Å². The number of hydrogen-bond donors (Lipinski definition) is 1. The van der Waals surface area contributed by atoms with Crippen LogP contribution in [0.3, 0.4) is 0 Å². The second kappa shape index (κ2) is 9.42. The van der Waals surface area contributed by atoms with Crippen LogP contribution >= 0.6 is 0 Å². The molecule has 0 radical (unpaired) electrons. The molecular formula is C17H35N3O. The molecule has 1 aliphatic rings. The highest BCUT2D eigenvalue weighted by atomic mass is 16.2. The van der Waals surface area contributed by atoms with Crippen LogP contribution in [0.25, 0.3) is 0 Å². The predicted octanol–water partition coefficient (Wildman–Crippen LogP) is 2.69. The molecule has 1 N–H and O–H groups in total. The topological polar surface area (TPSA) is 35.6 Å². The summed E-state index contributed by atoms with van der Waals surface area (Å²) in [4.78, 5) is 17.1. The lowest BCUT2D eigenvalue weighted by molar-refractivity contribution is -0.130. The first-order valence-corrected chi connectivity index (χ1v) is 8.83. The van der Waals surface area contributed by atoms with Crippen LogP contribution in [0, 0.1) is 5.92 Å². The molecule has 1 heterocycles. The Balaban J connectivity index is 2.53. The molecule has 0 aliphatic carbocycles. The largest absolute Gasteiger partial charge is 0.325 e. The van der Waals surface area contributed by atoms with Gasteiger partial charge in [-0.25, -0.2) is 0 Å². The van der Waals surface area contributed by atoms with Gasteiger partial charge < -0.3 is 9.80 Å². The Kier molecular flexibility index (Phi) is 8.27. The van der Waals surface area contributed by atoms with Crippen molar-refractivity contribution in [1.82, 2.24) is 15.1 Å². The summed E-state index contributed by atoms with van der Waals surface area (Å²) in [5.74, 6) is 0.788. The van der Waals surface area contributed by atoms with Crippen molar-refractivity contribution in [3.05, 3.63) is 0 Å². The summed E-state index contributed by atoms with van der Waals surface area (Å²) >= 11 is 0. The fourth-order valence-corrected chi connectivity index (χ4v) is 3.13. The zero-order chi connectivity index (χ0) is 15.8. The average Bonchev–Trinajstić information content (AvgIpc) is 2.78. The number of amides is 1. The number of hydrogen-bond acceptors (Lipinski definition) is 3. The zero-order valence-electron chi connectivity index (χ0n) is 14.7. The lowest BCUT2D eigenvalue weighted by Crippen LogP contribution is -2.42. The molecule has 0 bridgehead atoms. The van der Waals surface area contributed by atoms with Crippen LogP contribution < -0.4 is 5.32 Å². The van der Waals surface area contributed by atoms with Gasteiger partial charge in [0.2, 0.25) is 5.91 Å². The predicted molar refractivity (Wildman–Crippen MR) is 89.2 cm³/mol. The molecule has 0 saturated carbocycles. The molecule has 4 nitrogen and oxygen atoms in total. The minimum atomic E-state index is 0.0470. The van der Waals surface area contributed by atoms with Crippen LogP contribution in [-0.4, -0.2) is 54.1 Å². The molecule has 2 unspecified atom stereocenters. The first-order valence-electron chi connectivity index (χ1n) is 8.83. The molecule has 1 rings (SSSR count). The van der Waals surface area contributed by atoms with Crippen LogP contribution in [0.4, 0.5) is 0 Å². The van der Waals surface area contributed by atoms with E-state index in [2.05, 4.69) is 49.7 Å². The third-order valence-electron chi connectivity index (χ3n) is 4.53.